The first kappa shape index (κ1) is 17.2. The van der Waals surface area contributed by atoms with Crippen LogP contribution in [0.2, 0.25) is 19.6 Å². The second kappa shape index (κ2) is 6.03. The Morgan fingerprint density at radius 1 is 1.21 bits per heavy atom. The van der Waals surface area contributed by atoms with Gasteiger partial charge in [0.05, 0.1) is 4.47 Å². The molecule has 1 heterocycles. The molecule has 1 unspecified atom stereocenters. The highest BCUT2D eigenvalue weighted by atomic mass is 79.9. The maximum absolute atomic E-state index is 10.3. The fourth-order valence-corrected chi connectivity index (χ4v) is 5.01. The highest BCUT2D eigenvalue weighted by Crippen LogP contribution is 2.47. The molecule has 0 aliphatic carbocycles. The number of hydrogen-bond acceptors (Lipinski definition) is 3. The van der Waals surface area contributed by atoms with Crippen molar-refractivity contribution in [1.29, 1.82) is 5.26 Å². The van der Waals surface area contributed by atoms with Crippen molar-refractivity contribution in [1.82, 2.24) is 0 Å². The van der Waals surface area contributed by atoms with Gasteiger partial charge in [-0.25, -0.2) is 0 Å². The third kappa shape index (κ3) is 2.90. The zero-order valence-corrected chi connectivity index (χ0v) is 16.9. The van der Waals surface area contributed by atoms with Crippen LogP contribution >= 0.6 is 15.9 Å². The first-order chi connectivity index (χ1) is 11.3. The average molecular weight is 402 g/mol. The van der Waals surface area contributed by atoms with Crippen molar-refractivity contribution in [3.05, 3.63) is 63.1 Å². The summed E-state index contributed by atoms with van der Waals surface area (Å²) in [5.74, 6) is 0.691. The normalized spacial score (nSPS) is 19.5. The lowest BCUT2D eigenvalue weighted by Crippen LogP contribution is -2.41. The lowest BCUT2D eigenvalue weighted by Gasteiger charge is -2.35. The van der Waals surface area contributed by atoms with Gasteiger partial charge < -0.3 is 9.16 Å². The summed E-state index contributed by atoms with van der Waals surface area (Å²) < 4.78 is 13.5. The molecule has 0 saturated heterocycles. The third-order valence-corrected chi connectivity index (χ3v) is 5.46. The summed E-state index contributed by atoms with van der Waals surface area (Å²) in [6.07, 6.45) is 0. The van der Waals surface area contributed by atoms with E-state index in [-0.39, 0.29) is 0 Å². The van der Waals surface area contributed by atoms with E-state index in [2.05, 4.69) is 41.6 Å². The smallest absolute Gasteiger partial charge is 0.200 e. The van der Waals surface area contributed by atoms with Gasteiger partial charge in [0, 0.05) is 11.1 Å². The van der Waals surface area contributed by atoms with Gasteiger partial charge in [-0.1, -0.05) is 24.3 Å². The summed E-state index contributed by atoms with van der Waals surface area (Å²) in [7, 11) is -2.03. The van der Waals surface area contributed by atoms with Crippen molar-refractivity contribution in [2.75, 3.05) is 0 Å². The van der Waals surface area contributed by atoms with Crippen molar-refractivity contribution in [3.63, 3.8) is 0 Å². The number of nitriles is 1. The molecule has 0 amide bonds. The van der Waals surface area contributed by atoms with Gasteiger partial charge in [-0.3, -0.25) is 0 Å². The second-order valence-electron chi connectivity index (χ2n) is 7.08. The van der Waals surface area contributed by atoms with Gasteiger partial charge in [0.2, 0.25) is 0 Å². The van der Waals surface area contributed by atoms with Crippen LogP contribution in [0.25, 0.3) is 0 Å². The topological polar surface area (TPSA) is 42.2 Å². The molecule has 3 nitrogen and oxygen atoms in total. The molecule has 0 radical (unpaired) electrons. The Bertz CT molecular complexity index is 838. The molecule has 0 N–H and O–H groups in total. The van der Waals surface area contributed by atoms with E-state index in [0.29, 0.717) is 12.4 Å². The Balaban J connectivity index is 2.39. The monoisotopic (exact) mass is 401 g/mol. The van der Waals surface area contributed by atoms with Crippen molar-refractivity contribution >= 4 is 24.2 Å². The highest BCUT2D eigenvalue weighted by molar-refractivity contribution is 9.10. The number of nitrogens with zero attached hydrogens (tertiary/aromatic N) is 1. The minimum atomic E-state index is -2.03. The average Bonchev–Trinajstić information content (AvgIpc) is 2.63. The quantitative estimate of drug-likeness (QED) is 0.643. The van der Waals surface area contributed by atoms with Crippen molar-refractivity contribution in [2.45, 2.75) is 38.8 Å². The summed E-state index contributed by atoms with van der Waals surface area (Å²) in [6, 6.07) is 14.4. The van der Waals surface area contributed by atoms with Crippen LogP contribution in [0.5, 0.6) is 5.75 Å². The first-order valence-corrected chi connectivity index (χ1v) is 12.1. The highest BCUT2D eigenvalue weighted by Gasteiger charge is 2.45. The van der Waals surface area contributed by atoms with Crippen LogP contribution in [0.4, 0.5) is 0 Å². The van der Waals surface area contributed by atoms with E-state index in [0.717, 1.165) is 26.7 Å². The molecule has 3 rings (SSSR count). The number of aryl methyl sites for hydroxylation is 1. The van der Waals surface area contributed by atoms with Gasteiger partial charge in [-0.05, 0) is 65.8 Å². The molecular weight excluding hydrogens is 382 g/mol. The Hall–Kier alpha value is -1.61. The van der Waals surface area contributed by atoms with E-state index in [1.807, 2.05) is 43.3 Å². The molecule has 5 heteroatoms. The summed E-state index contributed by atoms with van der Waals surface area (Å²) >= 11 is 3.59. The van der Waals surface area contributed by atoms with Gasteiger partial charge in [-0.15, -0.1) is 0 Å². The van der Waals surface area contributed by atoms with Gasteiger partial charge in [0.1, 0.15) is 18.4 Å². The van der Waals surface area contributed by atoms with Crippen molar-refractivity contribution in [2.24, 2.45) is 0 Å². The largest absolute Gasteiger partial charge is 0.487 e. The third-order valence-electron chi connectivity index (χ3n) is 3.95. The Morgan fingerprint density at radius 2 is 1.92 bits per heavy atom. The van der Waals surface area contributed by atoms with E-state index in [1.165, 1.54) is 0 Å². The molecule has 0 aromatic heterocycles. The fraction of sp³-hybridized carbons (Fsp3) is 0.316. The van der Waals surface area contributed by atoms with Crippen LogP contribution < -0.4 is 4.74 Å². The molecule has 0 saturated carbocycles. The molecule has 1 atom stereocenters. The van der Waals surface area contributed by atoms with E-state index < -0.39 is 13.9 Å². The summed E-state index contributed by atoms with van der Waals surface area (Å²) in [5, 5.41) is 10.3. The Labute approximate surface area is 152 Å². The molecule has 2 aromatic rings. The van der Waals surface area contributed by atoms with Crippen LogP contribution in [0, 0.1) is 18.3 Å². The zero-order chi connectivity index (χ0) is 17.5. The zero-order valence-electron chi connectivity index (χ0n) is 14.3. The second-order valence-corrected chi connectivity index (χ2v) is 12.4. The van der Waals surface area contributed by atoms with E-state index in [4.69, 9.17) is 9.16 Å². The molecule has 1 aliphatic heterocycles. The molecule has 1 aliphatic rings. The number of ether oxygens (including phenoxy) is 1. The van der Waals surface area contributed by atoms with E-state index in [1.54, 1.807) is 0 Å². The van der Waals surface area contributed by atoms with Gasteiger partial charge in [-0.2, -0.15) is 5.26 Å². The molecule has 0 fully saturated rings. The predicted molar refractivity (Wildman–Crippen MR) is 100 cm³/mol. The number of halogens is 1. The summed E-state index contributed by atoms with van der Waals surface area (Å²) in [5.41, 5.74) is 2.55. The van der Waals surface area contributed by atoms with Gasteiger partial charge >= 0.3 is 0 Å². The predicted octanol–water partition coefficient (Wildman–Crippen LogP) is 5.27. The van der Waals surface area contributed by atoms with Crippen molar-refractivity contribution < 1.29 is 9.16 Å². The SMILES string of the molecule is Cc1cc(Br)c2c(c1)C(C#N)(O[Si](C)(C)C)c1ccccc1CO2. The maximum Gasteiger partial charge on any atom is 0.200 e. The molecular formula is C19H20BrNO2Si. The lowest BCUT2D eigenvalue weighted by molar-refractivity contribution is 0.162. The Morgan fingerprint density at radius 3 is 2.58 bits per heavy atom. The molecule has 0 spiro atoms. The van der Waals surface area contributed by atoms with Crippen LogP contribution in [-0.4, -0.2) is 8.32 Å². The number of fused-ring (bicyclic) bond motifs is 2. The fourth-order valence-electron chi connectivity index (χ4n) is 3.13. The Kier molecular flexibility index (Phi) is 4.33. The standard InChI is InChI=1S/C19H20BrNO2Si/c1-13-9-16-18(17(20)10-13)22-11-14-7-5-6-8-15(14)19(16,12-21)23-24(2,3)4/h5-10H,11H2,1-4H3. The maximum atomic E-state index is 10.3. The van der Waals surface area contributed by atoms with Crippen molar-refractivity contribution in [3.8, 4) is 11.8 Å². The van der Waals surface area contributed by atoms with Gasteiger partial charge in [0.25, 0.3) is 0 Å². The molecule has 2 aromatic carbocycles. The number of rotatable bonds is 2. The number of hydrogen-bond donors (Lipinski definition) is 0. The number of benzene rings is 2. The first-order valence-electron chi connectivity index (χ1n) is 7.90. The molecule has 24 heavy (non-hydrogen) atoms. The minimum absolute atomic E-state index is 0.420. The minimum Gasteiger partial charge on any atom is -0.487 e. The van der Waals surface area contributed by atoms with E-state index >= 15 is 0 Å². The lowest BCUT2D eigenvalue weighted by atomic mass is 9.84. The molecule has 0 bridgehead atoms. The van der Waals surface area contributed by atoms with Crippen LogP contribution in [0.3, 0.4) is 0 Å². The summed E-state index contributed by atoms with van der Waals surface area (Å²) in [6.45, 7) is 8.74. The van der Waals surface area contributed by atoms with Crippen LogP contribution in [0.15, 0.2) is 40.9 Å². The van der Waals surface area contributed by atoms with Crippen LogP contribution in [0.1, 0.15) is 22.3 Å². The molecule has 124 valence electrons. The van der Waals surface area contributed by atoms with E-state index in [9.17, 15) is 5.26 Å². The van der Waals surface area contributed by atoms with Gasteiger partial charge in [0.15, 0.2) is 13.9 Å². The van der Waals surface area contributed by atoms with Crippen LogP contribution in [-0.2, 0) is 16.6 Å². The summed E-state index contributed by atoms with van der Waals surface area (Å²) in [4.78, 5) is 0.